The monoisotopic (exact) mass is 365 g/mol. The number of carbonyl (C=O) groups is 1. The van der Waals surface area contributed by atoms with Crippen LogP contribution in [0, 0.1) is 11.3 Å². The molecule has 27 heavy (non-hydrogen) atoms. The van der Waals surface area contributed by atoms with E-state index in [0.29, 0.717) is 17.0 Å². The molecule has 0 radical (unpaired) electrons. The molecule has 144 valence electrons. The fourth-order valence-electron chi connectivity index (χ4n) is 3.96. The van der Waals surface area contributed by atoms with Crippen molar-refractivity contribution in [3.63, 3.8) is 0 Å². The van der Waals surface area contributed by atoms with Crippen LogP contribution in [0.1, 0.15) is 62.4 Å². The summed E-state index contributed by atoms with van der Waals surface area (Å²) in [5.74, 6) is 0.423. The van der Waals surface area contributed by atoms with Crippen LogP contribution >= 0.6 is 0 Å². The van der Waals surface area contributed by atoms with Crippen molar-refractivity contribution in [1.82, 2.24) is 10.3 Å². The van der Waals surface area contributed by atoms with Gasteiger partial charge in [-0.2, -0.15) is 0 Å². The van der Waals surface area contributed by atoms with E-state index in [1.54, 1.807) is 12.1 Å². The molecule has 3 N–H and O–H groups in total. The second-order valence-electron chi connectivity index (χ2n) is 8.79. The predicted molar refractivity (Wildman–Crippen MR) is 110 cm³/mol. The van der Waals surface area contributed by atoms with Gasteiger partial charge < -0.3 is 11.1 Å². The van der Waals surface area contributed by atoms with Crippen molar-refractivity contribution in [2.45, 2.75) is 59.0 Å². The first-order valence-electron chi connectivity index (χ1n) is 9.91. The van der Waals surface area contributed by atoms with Gasteiger partial charge in [0.2, 0.25) is 5.91 Å². The van der Waals surface area contributed by atoms with Crippen molar-refractivity contribution in [2.75, 3.05) is 0 Å². The highest BCUT2D eigenvalue weighted by atomic mass is 16.1. The first-order valence-corrected chi connectivity index (χ1v) is 9.91. The lowest BCUT2D eigenvalue weighted by Crippen LogP contribution is -2.35. The summed E-state index contributed by atoms with van der Waals surface area (Å²) in [6.45, 7) is 7.92. The van der Waals surface area contributed by atoms with Crippen LogP contribution in [0.15, 0.2) is 42.6 Å². The Hall–Kier alpha value is -2.20. The minimum Gasteiger partial charge on any atom is -0.366 e. The lowest BCUT2D eigenvalue weighted by molar-refractivity contribution is 0.100. The fourth-order valence-corrected chi connectivity index (χ4v) is 3.96. The molecular weight excluding hydrogens is 334 g/mol. The standard InChI is InChI=1S/C23H31N3O/c1-23(2,3)19-8-10-20(11-9-19)25-14-16-7-12-21(26-15-16)17-5-4-6-18(13-17)22(24)27/h4-7,12-13,15,19-20,25H,8-11,14H2,1-3H3,(H2,24,27)/t19-,20-. The van der Waals surface area contributed by atoms with Gasteiger partial charge in [-0.05, 0) is 60.8 Å². The Morgan fingerprint density at radius 1 is 1.15 bits per heavy atom. The van der Waals surface area contributed by atoms with E-state index in [-0.39, 0.29) is 0 Å². The molecule has 4 heteroatoms. The number of primary amides is 1. The number of aromatic nitrogens is 1. The molecule has 0 atom stereocenters. The molecule has 0 aliphatic heterocycles. The molecule has 4 nitrogen and oxygen atoms in total. The van der Waals surface area contributed by atoms with Gasteiger partial charge >= 0.3 is 0 Å². The minimum atomic E-state index is -0.418. The van der Waals surface area contributed by atoms with E-state index in [2.05, 4.69) is 37.1 Å². The molecule has 1 aromatic carbocycles. The van der Waals surface area contributed by atoms with Gasteiger partial charge in [-0.3, -0.25) is 9.78 Å². The number of hydrogen-bond acceptors (Lipinski definition) is 3. The van der Waals surface area contributed by atoms with E-state index in [1.807, 2.05) is 24.4 Å². The van der Waals surface area contributed by atoms with Gasteiger partial charge in [0.15, 0.2) is 0 Å². The molecule has 2 aromatic rings. The highest BCUT2D eigenvalue weighted by molar-refractivity contribution is 5.93. The number of amides is 1. The van der Waals surface area contributed by atoms with Crippen molar-refractivity contribution in [1.29, 1.82) is 0 Å². The lowest BCUT2D eigenvalue weighted by Gasteiger charge is -2.37. The maximum absolute atomic E-state index is 11.3. The number of nitrogens with two attached hydrogens (primary N) is 1. The zero-order valence-corrected chi connectivity index (χ0v) is 16.7. The maximum atomic E-state index is 11.3. The molecule has 1 aliphatic rings. The Morgan fingerprint density at radius 3 is 2.48 bits per heavy atom. The van der Waals surface area contributed by atoms with Crippen molar-refractivity contribution in [3.8, 4) is 11.3 Å². The van der Waals surface area contributed by atoms with E-state index >= 15 is 0 Å². The second kappa shape index (κ2) is 8.22. The number of nitrogens with one attached hydrogen (secondary N) is 1. The third kappa shape index (κ3) is 5.16. The maximum Gasteiger partial charge on any atom is 0.248 e. The summed E-state index contributed by atoms with van der Waals surface area (Å²) in [7, 11) is 0. The highest BCUT2D eigenvalue weighted by Gasteiger charge is 2.29. The van der Waals surface area contributed by atoms with Crippen molar-refractivity contribution in [3.05, 3.63) is 53.7 Å². The summed E-state index contributed by atoms with van der Waals surface area (Å²) < 4.78 is 0. The van der Waals surface area contributed by atoms with Gasteiger partial charge in [0.1, 0.15) is 0 Å². The SMILES string of the molecule is CC(C)(C)[C@H]1CC[C@H](NCc2ccc(-c3cccc(C(N)=O)c3)nc2)CC1. The van der Waals surface area contributed by atoms with Gasteiger partial charge in [-0.1, -0.05) is 39.0 Å². The summed E-state index contributed by atoms with van der Waals surface area (Å²) >= 11 is 0. The quantitative estimate of drug-likeness (QED) is 0.817. The van der Waals surface area contributed by atoms with E-state index in [9.17, 15) is 4.79 Å². The molecular formula is C23H31N3O. The smallest absolute Gasteiger partial charge is 0.248 e. The summed E-state index contributed by atoms with van der Waals surface area (Å²) in [5, 5.41) is 3.69. The Balaban J connectivity index is 1.54. The van der Waals surface area contributed by atoms with Gasteiger partial charge in [-0.15, -0.1) is 0 Å². The third-order valence-electron chi connectivity index (χ3n) is 5.81. The Kier molecular flexibility index (Phi) is 5.95. The number of pyridine rings is 1. The number of hydrogen-bond donors (Lipinski definition) is 2. The van der Waals surface area contributed by atoms with Gasteiger partial charge in [0.05, 0.1) is 5.69 Å². The average molecular weight is 366 g/mol. The van der Waals surface area contributed by atoms with Gasteiger partial charge in [-0.25, -0.2) is 0 Å². The number of nitrogens with zero attached hydrogens (tertiary/aromatic N) is 1. The molecule has 1 heterocycles. The Labute approximate surface area is 162 Å². The zero-order valence-electron chi connectivity index (χ0n) is 16.7. The Bertz CT molecular complexity index is 769. The Morgan fingerprint density at radius 2 is 1.89 bits per heavy atom. The van der Waals surface area contributed by atoms with E-state index in [4.69, 9.17) is 5.73 Å². The molecule has 0 bridgehead atoms. The molecule has 1 aromatic heterocycles. The molecule has 1 fully saturated rings. The fraction of sp³-hybridized carbons (Fsp3) is 0.478. The van der Waals surface area contributed by atoms with Crippen molar-refractivity contribution < 1.29 is 4.79 Å². The molecule has 0 unspecified atom stereocenters. The van der Waals surface area contributed by atoms with Gasteiger partial charge in [0.25, 0.3) is 0 Å². The van der Waals surface area contributed by atoms with Crippen LogP contribution in [-0.4, -0.2) is 16.9 Å². The van der Waals surface area contributed by atoms with Crippen molar-refractivity contribution in [2.24, 2.45) is 17.1 Å². The second-order valence-corrected chi connectivity index (χ2v) is 8.79. The van der Waals surface area contributed by atoms with E-state index < -0.39 is 5.91 Å². The van der Waals surface area contributed by atoms with E-state index in [0.717, 1.165) is 23.7 Å². The average Bonchev–Trinajstić information content (AvgIpc) is 2.66. The van der Waals surface area contributed by atoms with Crippen LogP contribution in [-0.2, 0) is 6.54 Å². The van der Waals surface area contributed by atoms with E-state index in [1.165, 1.54) is 31.2 Å². The summed E-state index contributed by atoms with van der Waals surface area (Å²) in [6, 6.07) is 12.0. The topological polar surface area (TPSA) is 68.0 Å². The van der Waals surface area contributed by atoms with Crippen LogP contribution in [0.5, 0.6) is 0 Å². The molecule has 1 amide bonds. The van der Waals surface area contributed by atoms with Crippen molar-refractivity contribution >= 4 is 5.91 Å². The number of rotatable bonds is 5. The molecule has 1 aliphatic carbocycles. The van der Waals surface area contributed by atoms with Crippen LogP contribution in [0.25, 0.3) is 11.3 Å². The third-order valence-corrected chi connectivity index (χ3v) is 5.81. The predicted octanol–water partition coefficient (Wildman–Crippen LogP) is 4.54. The lowest BCUT2D eigenvalue weighted by atomic mass is 9.71. The first kappa shape index (κ1) is 19.6. The molecule has 3 rings (SSSR count). The van der Waals surface area contributed by atoms with Crippen LogP contribution in [0.2, 0.25) is 0 Å². The first-order chi connectivity index (χ1) is 12.8. The molecule has 0 saturated heterocycles. The number of carbonyl (C=O) groups excluding carboxylic acids is 1. The summed E-state index contributed by atoms with van der Waals surface area (Å²) in [6.07, 6.45) is 7.06. The summed E-state index contributed by atoms with van der Waals surface area (Å²) in [4.78, 5) is 15.9. The minimum absolute atomic E-state index is 0.418. The van der Waals surface area contributed by atoms with Crippen LogP contribution in [0.4, 0.5) is 0 Å². The normalized spacial score (nSPS) is 20.4. The van der Waals surface area contributed by atoms with Crippen LogP contribution in [0.3, 0.4) is 0 Å². The van der Waals surface area contributed by atoms with Gasteiger partial charge in [0, 0.05) is 29.9 Å². The number of benzene rings is 1. The molecule has 0 spiro atoms. The summed E-state index contributed by atoms with van der Waals surface area (Å²) in [5.41, 5.74) is 9.24. The zero-order chi connectivity index (χ0) is 19.4. The molecule has 1 saturated carbocycles. The highest BCUT2D eigenvalue weighted by Crippen LogP contribution is 2.37. The largest absolute Gasteiger partial charge is 0.366 e. The van der Waals surface area contributed by atoms with Crippen LogP contribution < -0.4 is 11.1 Å².